The highest BCUT2D eigenvalue weighted by molar-refractivity contribution is 5.94. The van der Waals surface area contributed by atoms with E-state index in [0.717, 1.165) is 18.5 Å². The Morgan fingerprint density at radius 3 is 2.71 bits per heavy atom. The number of nitrogens with zero attached hydrogens (tertiary/aromatic N) is 2. The van der Waals surface area contributed by atoms with E-state index in [0.29, 0.717) is 6.54 Å². The van der Waals surface area contributed by atoms with Crippen LogP contribution in [0.2, 0.25) is 0 Å². The van der Waals surface area contributed by atoms with Gasteiger partial charge in [-0.2, -0.15) is 5.10 Å². The van der Waals surface area contributed by atoms with Crippen LogP contribution in [0.3, 0.4) is 0 Å². The van der Waals surface area contributed by atoms with Crippen LogP contribution in [0.4, 0.5) is 0 Å². The van der Waals surface area contributed by atoms with E-state index in [-0.39, 0.29) is 22.9 Å². The fourth-order valence-corrected chi connectivity index (χ4v) is 1.50. The van der Waals surface area contributed by atoms with Crippen LogP contribution in [-0.2, 0) is 6.54 Å². The Kier molecular flexibility index (Phi) is 4.43. The van der Waals surface area contributed by atoms with E-state index in [1.165, 1.54) is 4.68 Å². The van der Waals surface area contributed by atoms with Crippen LogP contribution in [0.1, 0.15) is 50.8 Å². The molecule has 5 heteroatoms. The second-order valence-electron chi connectivity index (χ2n) is 4.43. The molecule has 0 saturated heterocycles. The first-order valence-electron chi connectivity index (χ1n) is 5.93. The summed E-state index contributed by atoms with van der Waals surface area (Å²) in [5, 5.41) is 11.7. The Morgan fingerprint density at radius 2 is 2.24 bits per heavy atom. The van der Waals surface area contributed by atoms with Crippen molar-refractivity contribution in [3.63, 3.8) is 0 Å². The van der Waals surface area contributed by atoms with Crippen LogP contribution >= 0.6 is 0 Å². The number of unbranched alkanes of at least 4 members (excludes halogenated alkanes) is 1. The van der Waals surface area contributed by atoms with Crippen molar-refractivity contribution >= 4 is 5.84 Å². The van der Waals surface area contributed by atoms with Crippen molar-refractivity contribution in [1.29, 1.82) is 5.41 Å². The van der Waals surface area contributed by atoms with Crippen LogP contribution in [0, 0.1) is 5.41 Å². The molecule has 0 amide bonds. The molecule has 1 aromatic rings. The topological polar surface area (TPSA) is 84.8 Å². The second-order valence-corrected chi connectivity index (χ2v) is 4.43. The van der Waals surface area contributed by atoms with E-state index in [2.05, 4.69) is 12.0 Å². The number of nitrogens with two attached hydrogens (primary N) is 1. The maximum absolute atomic E-state index is 12.0. The molecule has 5 nitrogen and oxygen atoms in total. The van der Waals surface area contributed by atoms with Crippen LogP contribution in [0.5, 0.6) is 0 Å². The van der Waals surface area contributed by atoms with Gasteiger partial charge >= 0.3 is 0 Å². The van der Waals surface area contributed by atoms with Gasteiger partial charge in [-0.25, -0.2) is 4.68 Å². The van der Waals surface area contributed by atoms with Crippen LogP contribution in [0.25, 0.3) is 0 Å². The molecule has 94 valence electrons. The van der Waals surface area contributed by atoms with Gasteiger partial charge in [0, 0.05) is 6.54 Å². The number of aryl methyl sites for hydroxylation is 1. The molecule has 0 aromatic carbocycles. The van der Waals surface area contributed by atoms with Crippen molar-refractivity contribution in [1.82, 2.24) is 9.78 Å². The van der Waals surface area contributed by atoms with Gasteiger partial charge in [0.05, 0.1) is 11.3 Å². The molecule has 0 saturated carbocycles. The normalized spacial score (nSPS) is 10.8. The monoisotopic (exact) mass is 236 g/mol. The van der Waals surface area contributed by atoms with E-state index < -0.39 is 0 Å². The van der Waals surface area contributed by atoms with Gasteiger partial charge in [0.1, 0.15) is 5.84 Å². The lowest BCUT2D eigenvalue weighted by atomic mass is 10.1. The van der Waals surface area contributed by atoms with E-state index in [9.17, 15) is 4.79 Å². The predicted octanol–water partition coefficient (Wildman–Crippen LogP) is 1.45. The van der Waals surface area contributed by atoms with Crippen molar-refractivity contribution < 1.29 is 0 Å². The van der Waals surface area contributed by atoms with E-state index in [1.807, 2.05) is 13.8 Å². The lowest BCUT2D eigenvalue weighted by Gasteiger charge is -2.11. The van der Waals surface area contributed by atoms with E-state index in [4.69, 9.17) is 11.1 Å². The molecule has 3 N–H and O–H groups in total. The average Bonchev–Trinajstić information content (AvgIpc) is 2.26. The summed E-state index contributed by atoms with van der Waals surface area (Å²) in [6.07, 6.45) is 1.89. The zero-order chi connectivity index (χ0) is 13.0. The van der Waals surface area contributed by atoms with Crippen LogP contribution in [0.15, 0.2) is 10.9 Å². The first kappa shape index (κ1) is 13.4. The lowest BCUT2D eigenvalue weighted by Crippen LogP contribution is -2.32. The Balaban J connectivity index is 3.28. The summed E-state index contributed by atoms with van der Waals surface area (Å²) >= 11 is 0. The fourth-order valence-electron chi connectivity index (χ4n) is 1.50. The van der Waals surface area contributed by atoms with Gasteiger partial charge in [-0.1, -0.05) is 27.2 Å². The Hall–Kier alpha value is -1.65. The lowest BCUT2D eigenvalue weighted by molar-refractivity contribution is 0.525. The molecular formula is C12H20N4O. The quantitative estimate of drug-likeness (QED) is 0.599. The maximum Gasteiger partial charge on any atom is 0.277 e. The van der Waals surface area contributed by atoms with Crippen molar-refractivity contribution in [2.75, 3.05) is 0 Å². The molecule has 0 fully saturated rings. The van der Waals surface area contributed by atoms with Gasteiger partial charge in [-0.05, 0) is 18.4 Å². The highest BCUT2D eigenvalue weighted by Crippen LogP contribution is 2.10. The Bertz CT molecular complexity index is 462. The molecule has 1 heterocycles. The van der Waals surface area contributed by atoms with Crippen molar-refractivity contribution in [3.8, 4) is 0 Å². The van der Waals surface area contributed by atoms with Crippen LogP contribution in [-0.4, -0.2) is 15.6 Å². The highest BCUT2D eigenvalue weighted by Gasteiger charge is 2.12. The summed E-state index contributed by atoms with van der Waals surface area (Å²) in [6, 6.07) is 1.62. The average molecular weight is 236 g/mol. The molecule has 0 aliphatic heterocycles. The van der Waals surface area contributed by atoms with Crippen LogP contribution < -0.4 is 11.3 Å². The summed E-state index contributed by atoms with van der Waals surface area (Å²) in [7, 11) is 0. The molecule has 0 radical (unpaired) electrons. The third kappa shape index (κ3) is 3.15. The van der Waals surface area contributed by atoms with Gasteiger partial charge < -0.3 is 5.73 Å². The molecule has 1 rings (SSSR count). The predicted molar refractivity (Wildman–Crippen MR) is 68.5 cm³/mol. The molecule has 0 unspecified atom stereocenters. The molecule has 0 bridgehead atoms. The second kappa shape index (κ2) is 5.61. The van der Waals surface area contributed by atoms with Crippen molar-refractivity contribution in [3.05, 3.63) is 27.7 Å². The number of amidine groups is 1. The zero-order valence-corrected chi connectivity index (χ0v) is 10.7. The minimum absolute atomic E-state index is 0.190. The summed E-state index contributed by atoms with van der Waals surface area (Å²) < 4.78 is 1.43. The SMILES string of the molecule is CCCCn1nc(C(C)C)cc(C(=N)N)c1=O. The highest BCUT2D eigenvalue weighted by atomic mass is 16.1. The van der Waals surface area contributed by atoms with E-state index in [1.54, 1.807) is 6.07 Å². The first-order valence-corrected chi connectivity index (χ1v) is 5.93. The Morgan fingerprint density at radius 1 is 1.59 bits per heavy atom. The zero-order valence-electron chi connectivity index (χ0n) is 10.7. The van der Waals surface area contributed by atoms with Gasteiger partial charge in [0.25, 0.3) is 5.56 Å². The molecule has 0 aliphatic carbocycles. The van der Waals surface area contributed by atoms with E-state index >= 15 is 0 Å². The summed E-state index contributed by atoms with van der Waals surface area (Å²) in [6.45, 7) is 6.64. The largest absolute Gasteiger partial charge is 0.384 e. The number of hydrogen-bond acceptors (Lipinski definition) is 3. The summed E-state index contributed by atoms with van der Waals surface area (Å²) in [5.74, 6) is 0.0196. The smallest absolute Gasteiger partial charge is 0.277 e. The van der Waals surface area contributed by atoms with Gasteiger partial charge in [0.15, 0.2) is 0 Å². The number of rotatable bonds is 5. The minimum Gasteiger partial charge on any atom is -0.384 e. The summed E-state index contributed by atoms with van der Waals surface area (Å²) in [5.41, 5.74) is 6.20. The third-order valence-corrected chi connectivity index (χ3v) is 2.60. The Labute approximate surface area is 101 Å². The maximum atomic E-state index is 12.0. The van der Waals surface area contributed by atoms with Gasteiger partial charge in [-0.3, -0.25) is 10.2 Å². The molecule has 17 heavy (non-hydrogen) atoms. The summed E-state index contributed by atoms with van der Waals surface area (Å²) in [4.78, 5) is 12.0. The number of hydrogen-bond donors (Lipinski definition) is 2. The standard InChI is InChI=1S/C12H20N4O/c1-4-5-6-16-12(17)9(11(13)14)7-10(15-16)8(2)3/h7-8H,4-6H2,1-3H3,(H3,13,14). The number of nitrogen functional groups attached to an aromatic ring is 1. The van der Waals surface area contributed by atoms with Gasteiger partial charge in [0.2, 0.25) is 0 Å². The van der Waals surface area contributed by atoms with Crippen molar-refractivity contribution in [2.24, 2.45) is 5.73 Å². The molecule has 1 aromatic heterocycles. The van der Waals surface area contributed by atoms with Gasteiger partial charge in [-0.15, -0.1) is 0 Å². The molecule has 0 atom stereocenters. The number of aromatic nitrogens is 2. The molecule has 0 spiro atoms. The third-order valence-electron chi connectivity index (χ3n) is 2.60. The minimum atomic E-state index is -0.268. The number of nitrogens with one attached hydrogen (secondary N) is 1. The first-order chi connectivity index (χ1) is 7.97. The van der Waals surface area contributed by atoms with Crippen molar-refractivity contribution in [2.45, 2.75) is 46.1 Å². The molecule has 0 aliphatic rings. The fraction of sp³-hybridized carbons (Fsp3) is 0.583. The molecular weight excluding hydrogens is 216 g/mol.